The Morgan fingerprint density at radius 2 is 0.938 bits per heavy atom. The van der Waals surface area contributed by atoms with Crippen LogP contribution in [0.15, 0.2) is 73.1 Å². The van der Waals surface area contributed by atoms with E-state index in [1.807, 2.05) is 12.3 Å². The summed E-state index contributed by atoms with van der Waals surface area (Å²) in [6.07, 6.45) is 3.78. The van der Waals surface area contributed by atoms with Crippen LogP contribution < -0.4 is 15.6 Å². The molecule has 2 heterocycles. The van der Waals surface area contributed by atoms with E-state index in [0.717, 1.165) is 16.4 Å². The quantitative estimate of drug-likeness (QED) is 0.0560. The zero-order valence-electron chi connectivity index (χ0n) is 28.5. The Morgan fingerprint density at radius 1 is 0.500 bits per heavy atom. The Labute approximate surface area is 297 Å². The van der Waals surface area contributed by atoms with E-state index >= 15 is 0 Å². The van der Waals surface area contributed by atoms with Crippen molar-refractivity contribution >= 4 is 39.8 Å². The Balaban J connectivity index is 0.000000266. The van der Waals surface area contributed by atoms with Crippen molar-refractivity contribution in [2.75, 3.05) is 0 Å². The first-order valence-corrected chi connectivity index (χ1v) is 25.8. The van der Waals surface area contributed by atoms with E-state index in [1.165, 1.54) is 28.6 Å². The summed E-state index contributed by atoms with van der Waals surface area (Å²) in [5.74, 6) is -9.87. The van der Waals surface area contributed by atoms with Gasteiger partial charge in [0.1, 0.15) is 0 Å². The van der Waals surface area contributed by atoms with Crippen molar-refractivity contribution < 1.29 is 42.1 Å². The van der Waals surface area contributed by atoms with Crippen LogP contribution in [0.5, 0.6) is 0 Å². The summed E-state index contributed by atoms with van der Waals surface area (Å²) < 4.78 is 68.4. The van der Waals surface area contributed by atoms with Gasteiger partial charge in [0.05, 0.1) is 16.1 Å². The Kier molecular flexibility index (Phi) is 12.5. The van der Waals surface area contributed by atoms with Crippen molar-refractivity contribution in [1.82, 2.24) is 9.97 Å². The van der Waals surface area contributed by atoms with Gasteiger partial charge in [-0.1, -0.05) is 88.8 Å². The molecule has 3 aromatic carbocycles. The topological polar surface area (TPSA) is 25.8 Å². The molecule has 0 N–H and O–H groups in total. The van der Waals surface area contributed by atoms with Crippen LogP contribution in [0.1, 0.15) is 0 Å². The smallest absolute Gasteiger partial charge is 0.200 e. The molecule has 0 fully saturated rings. The van der Waals surface area contributed by atoms with E-state index in [1.54, 1.807) is 12.3 Å². The summed E-state index contributed by atoms with van der Waals surface area (Å²) in [6, 6.07) is 24.8. The van der Waals surface area contributed by atoms with Gasteiger partial charge in [-0.05, 0) is 21.8 Å². The van der Waals surface area contributed by atoms with Crippen LogP contribution in [-0.4, -0.2) is 34.2 Å². The molecule has 1 radical (unpaired) electrons. The Morgan fingerprint density at radius 3 is 1.33 bits per heavy atom. The summed E-state index contributed by atoms with van der Waals surface area (Å²) in [6.45, 7) is 20.6. The molecule has 0 aliphatic rings. The first-order chi connectivity index (χ1) is 21.8. The fourth-order valence-electron chi connectivity index (χ4n) is 4.67. The number of pyridine rings is 2. The average Bonchev–Trinajstić information content (AvgIpc) is 3.02. The SMILES string of the molecule is C[Si](C)(C)c1c[c-]c(-c2ccc([Si](C)(C)C)cn2)cc1.C[Si](C)(C)c1ccc(-c2[c-]ccc(-c3c(F)c(F)c(F)c(F)c3F)c2)nc1.[Ir]. The molecule has 2 aromatic heterocycles. The molecule has 0 unspecified atom stereocenters. The number of hydrogen-bond acceptors (Lipinski definition) is 2. The number of nitrogens with zero attached hydrogens (tertiary/aromatic N) is 2. The Hall–Kier alpha value is -3.09. The fourth-order valence-corrected chi connectivity index (χ4v) is 7.83. The van der Waals surface area contributed by atoms with Gasteiger partial charge in [-0.25, -0.2) is 22.0 Å². The Bertz CT molecular complexity index is 1780. The van der Waals surface area contributed by atoms with Crippen molar-refractivity contribution in [3.05, 3.63) is 114 Å². The summed E-state index contributed by atoms with van der Waals surface area (Å²) >= 11 is 0. The van der Waals surface area contributed by atoms with Crippen molar-refractivity contribution in [3.8, 4) is 33.6 Å². The molecule has 0 spiro atoms. The van der Waals surface area contributed by atoms with Crippen molar-refractivity contribution in [2.24, 2.45) is 0 Å². The second-order valence-corrected chi connectivity index (χ2v) is 29.8. The minimum atomic E-state index is -2.18. The molecule has 0 saturated heterocycles. The van der Waals surface area contributed by atoms with Crippen LogP contribution in [0.25, 0.3) is 33.6 Å². The third-order valence-corrected chi connectivity index (χ3v) is 13.9. The van der Waals surface area contributed by atoms with E-state index in [9.17, 15) is 22.0 Å². The van der Waals surface area contributed by atoms with Crippen LogP contribution in [0, 0.1) is 41.2 Å². The van der Waals surface area contributed by atoms with Crippen LogP contribution in [0.3, 0.4) is 0 Å². The van der Waals surface area contributed by atoms with Gasteiger partial charge in [-0.3, -0.25) is 0 Å². The first kappa shape index (κ1) is 39.3. The monoisotopic (exact) mass is 883 g/mol. The third-order valence-electron chi connectivity index (χ3n) is 7.79. The van der Waals surface area contributed by atoms with Crippen LogP contribution in [0.4, 0.5) is 22.0 Å². The molecule has 255 valence electrons. The van der Waals surface area contributed by atoms with Crippen molar-refractivity contribution in [3.63, 3.8) is 0 Å². The molecule has 11 heteroatoms. The van der Waals surface area contributed by atoms with Crippen LogP contribution in [-0.2, 0) is 20.1 Å². The van der Waals surface area contributed by atoms with Gasteiger partial charge in [0.15, 0.2) is 23.3 Å². The first-order valence-electron chi connectivity index (χ1n) is 15.3. The average molecular weight is 883 g/mol. The minimum absolute atomic E-state index is 0. The van der Waals surface area contributed by atoms with Crippen molar-refractivity contribution in [1.29, 1.82) is 0 Å². The second kappa shape index (κ2) is 15.2. The number of benzene rings is 3. The molecule has 0 saturated carbocycles. The predicted octanol–water partition coefficient (Wildman–Crippen LogP) is 9.09. The largest absolute Gasteiger partial charge is 0.305 e. The standard InChI is InChI=1S/C20H15F5NSi.C17H24NSi2.Ir/c1-27(2,3)13-7-8-14(26-10-13)11-5-4-6-12(9-11)15-16(21)18(23)20(25)19(24)17(15)22;1-19(2,3)15-9-7-14(8-10-15)17-12-11-16(13-18-17)20(4,5)6;/h4,6-10H,1-3H3;7,9-13H,1-6H3;/q2*-1;. The molecular weight excluding hydrogens is 844 g/mol. The molecule has 5 aromatic rings. The van der Waals surface area contributed by atoms with E-state index in [0.29, 0.717) is 11.3 Å². The second-order valence-electron chi connectivity index (χ2n) is 14.5. The maximum atomic E-state index is 14.1. The van der Waals surface area contributed by atoms with Gasteiger partial charge in [0.25, 0.3) is 0 Å². The molecule has 0 aliphatic carbocycles. The molecule has 5 rings (SSSR count). The molecule has 48 heavy (non-hydrogen) atoms. The van der Waals surface area contributed by atoms with Gasteiger partial charge in [-0.2, -0.15) is 0 Å². The van der Waals surface area contributed by atoms with Gasteiger partial charge < -0.3 is 9.97 Å². The fraction of sp³-hybridized carbons (Fsp3) is 0.243. The molecule has 0 atom stereocenters. The van der Waals surface area contributed by atoms with Crippen LogP contribution in [0.2, 0.25) is 58.9 Å². The molecule has 0 amide bonds. The number of hydrogen-bond donors (Lipinski definition) is 0. The summed E-state index contributed by atoms with van der Waals surface area (Å²) in [5.41, 5.74) is 1.87. The van der Waals surface area contributed by atoms with Gasteiger partial charge >= 0.3 is 0 Å². The van der Waals surface area contributed by atoms with Gasteiger partial charge in [-0.15, -0.1) is 64.8 Å². The molecule has 0 bridgehead atoms. The van der Waals surface area contributed by atoms with E-state index in [-0.39, 0.29) is 25.7 Å². The number of rotatable bonds is 6. The van der Waals surface area contributed by atoms with Gasteiger partial charge in [0, 0.05) is 46.1 Å². The van der Waals surface area contributed by atoms with Crippen molar-refractivity contribution in [2.45, 2.75) is 58.9 Å². The summed E-state index contributed by atoms with van der Waals surface area (Å²) in [4.78, 5) is 8.97. The zero-order valence-corrected chi connectivity index (χ0v) is 33.9. The maximum absolute atomic E-state index is 14.1. The number of halogens is 5. The molecule has 0 aliphatic heterocycles. The third kappa shape index (κ3) is 9.12. The molecule has 2 nitrogen and oxygen atoms in total. The maximum Gasteiger partial charge on any atom is 0.200 e. The van der Waals surface area contributed by atoms with Crippen LogP contribution >= 0.6 is 0 Å². The van der Waals surface area contributed by atoms with E-state index in [2.05, 4.69) is 111 Å². The number of aromatic nitrogens is 2. The van der Waals surface area contributed by atoms with Gasteiger partial charge in [0.2, 0.25) is 5.82 Å². The van der Waals surface area contributed by atoms with E-state index < -0.39 is 58.9 Å². The van der Waals surface area contributed by atoms with E-state index in [4.69, 9.17) is 0 Å². The minimum Gasteiger partial charge on any atom is -0.305 e. The zero-order chi connectivity index (χ0) is 34.9. The predicted molar refractivity (Wildman–Crippen MR) is 191 cm³/mol. The normalized spacial score (nSPS) is 11.8. The summed E-state index contributed by atoms with van der Waals surface area (Å²) in [5, 5.41) is 3.97. The molecular formula is C37H39F5IrN2Si3-2. The summed E-state index contributed by atoms with van der Waals surface area (Å²) in [7, 11) is -4.04.